The molecule has 0 aliphatic carbocycles. The molecule has 1 aromatic carbocycles. The molecule has 2 heterocycles. The maximum Gasteiger partial charge on any atom is 0.269 e. The second-order valence-corrected chi connectivity index (χ2v) is 5.94. The van der Waals surface area contributed by atoms with Gasteiger partial charge in [0.25, 0.3) is 5.91 Å². The maximum atomic E-state index is 12.1. The predicted octanol–water partition coefficient (Wildman–Crippen LogP) is 2.65. The van der Waals surface area contributed by atoms with E-state index in [4.69, 9.17) is 4.74 Å². The molecule has 1 aliphatic rings. The molecule has 0 spiro atoms. The summed E-state index contributed by atoms with van der Waals surface area (Å²) in [6.07, 6.45) is 5.02. The van der Waals surface area contributed by atoms with Gasteiger partial charge in [0.05, 0.1) is 18.0 Å². The Labute approximate surface area is 142 Å². The minimum Gasteiger partial charge on any atom is -0.381 e. The Kier molecular flexibility index (Phi) is 5.80. The molecule has 0 radical (unpaired) electrons. The Morgan fingerprint density at radius 1 is 1.21 bits per heavy atom. The van der Waals surface area contributed by atoms with E-state index in [0.29, 0.717) is 12.2 Å². The fraction of sp³-hybridized carbons (Fsp3) is 0.368. The molecule has 1 aromatic heterocycles. The first-order valence-corrected chi connectivity index (χ1v) is 8.45. The van der Waals surface area contributed by atoms with Gasteiger partial charge in [0.15, 0.2) is 0 Å². The van der Waals surface area contributed by atoms with Gasteiger partial charge in [0.1, 0.15) is 5.69 Å². The molecule has 0 saturated carbocycles. The number of pyridine rings is 1. The smallest absolute Gasteiger partial charge is 0.269 e. The summed E-state index contributed by atoms with van der Waals surface area (Å²) in [5.74, 6) is -0.142. The molecule has 1 aliphatic heterocycles. The van der Waals surface area contributed by atoms with Crippen molar-refractivity contribution in [2.45, 2.75) is 25.4 Å². The van der Waals surface area contributed by atoms with Crippen LogP contribution in [0.15, 0.2) is 48.7 Å². The number of carbonyl (C=O) groups excluding carboxylic acids is 1. The van der Waals surface area contributed by atoms with Crippen LogP contribution >= 0.6 is 0 Å². The van der Waals surface area contributed by atoms with Crippen molar-refractivity contribution in [2.24, 2.45) is 0 Å². The summed E-state index contributed by atoms with van der Waals surface area (Å²) in [6, 6.07) is 13.7. The fourth-order valence-corrected chi connectivity index (χ4v) is 2.73. The SMILES string of the molecule is O=C(NCCc1ccccc1)c1ccc(NCC2CCCO2)cn1. The first-order valence-electron chi connectivity index (χ1n) is 8.45. The van der Waals surface area contributed by atoms with Gasteiger partial charge in [-0.15, -0.1) is 0 Å². The Hall–Kier alpha value is -2.40. The third-order valence-electron chi connectivity index (χ3n) is 4.10. The molecule has 1 unspecified atom stereocenters. The highest BCUT2D eigenvalue weighted by Crippen LogP contribution is 2.13. The van der Waals surface area contributed by atoms with E-state index < -0.39 is 0 Å². The molecule has 1 amide bonds. The average molecular weight is 325 g/mol. The van der Waals surface area contributed by atoms with Crippen LogP contribution in [0.1, 0.15) is 28.9 Å². The van der Waals surface area contributed by atoms with Crippen molar-refractivity contribution in [3.05, 3.63) is 59.9 Å². The summed E-state index contributed by atoms with van der Waals surface area (Å²) < 4.78 is 5.57. The Morgan fingerprint density at radius 3 is 2.79 bits per heavy atom. The van der Waals surface area contributed by atoms with E-state index in [0.717, 1.165) is 38.1 Å². The quantitative estimate of drug-likeness (QED) is 0.821. The molecule has 1 fully saturated rings. The molecule has 1 saturated heterocycles. The lowest BCUT2D eigenvalue weighted by Crippen LogP contribution is -2.26. The Balaban J connectivity index is 1.43. The normalized spacial score (nSPS) is 16.8. The highest BCUT2D eigenvalue weighted by atomic mass is 16.5. The van der Waals surface area contributed by atoms with Crippen LogP contribution in [0.3, 0.4) is 0 Å². The number of hydrogen-bond acceptors (Lipinski definition) is 4. The molecule has 5 nitrogen and oxygen atoms in total. The number of amides is 1. The van der Waals surface area contributed by atoms with Crippen molar-refractivity contribution in [1.82, 2.24) is 10.3 Å². The van der Waals surface area contributed by atoms with Gasteiger partial charge in [-0.2, -0.15) is 0 Å². The third kappa shape index (κ3) is 4.80. The van der Waals surface area contributed by atoms with Gasteiger partial charge in [-0.25, -0.2) is 4.98 Å². The van der Waals surface area contributed by atoms with Gasteiger partial charge in [0.2, 0.25) is 0 Å². The number of aromatic nitrogens is 1. The number of benzene rings is 1. The van der Waals surface area contributed by atoms with Crippen LogP contribution in [-0.2, 0) is 11.2 Å². The zero-order chi connectivity index (χ0) is 16.6. The standard InChI is InChI=1S/C19H23N3O2/c23-19(20-11-10-15-5-2-1-3-6-15)18-9-8-16(13-22-18)21-14-17-7-4-12-24-17/h1-3,5-6,8-9,13,17,21H,4,7,10-12,14H2,(H,20,23). The summed E-state index contributed by atoms with van der Waals surface area (Å²) in [5.41, 5.74) is 2.55. The van der Waals surface area contributed by atoms with E-state index in [1.54, 1.807) is 12.3 Å². The number of hydrogen-bond donors (Lipinski definition) is 2. The molecule has 24 heavy (non-hydrogen) atoms. The summed E-state index contributed by atoms with van der Waals surface area (Å²) >= 11 is 0. The van der Waals surface area contributed by atoms with Crippen LogP contribution in [0.4, 0.5) is 5.69 Å². The van der Waals surface area contributed by atoms with Crippen molar-refractivity contribution in [2.75, 3.05) is 25.0 Å². The lowest BCUT2D eigenvalue weighted by molar-refractivity contribution is 0.0949. The van der Waals surface area contributed by atoms with Crippen molar-refractivity contribution in [1.29, 1.82) is 0 Å². The fourth-order valence-electron chi connectivity index (χ4n) is 2.73. The van der Waals surface area contributed by atoms with Crippen LogP contribution < -0.4 is 10.6 Å². The van der Waals surface area contributed by atoms with Crippen LogP contribution in [-0.4, -0.2) is 36.7 Å². The molecule has 2 aromatic rings. The minimum atomic E-state index is -0.142. The zero-order valence-electron chi connectivity index (χ0n) is 13.7. The van der Waals surface area contributed by atoms with Gasteiger partial charge >= 0.3 is 0 Å². The Bertz CT molecular complexity index is 637. The summed E-state index contributed by atoms with van der Waals surface area (Å²) in [5, 5.41) is 6.20. The lowest BCUT2D eigenvalue weighted by Gasteiger charge is -2.12. The van der Waals surface area contributed by atoms with Crippen LogP contribution in [0.5, 0.6) is 0 Å². The van der Waals surface area contributed by atoms with E-state index >= 15 is 0 Å². The van der Waals surface area contributed by atoms with E-state index in [2.05, 4.69) is 27.8 Å². The molecule has 2 N–H and O–H groups in total. The number of nitrogens with one attached hydrogen (secondary N) is 2. The third-order valence-corrected chi connectivity index (χ3v) is 4.10. The highest BCUT2D eigenvalue weighted by molar-refractivity contribution is 5.92. The number of ether oxygens (including phenoxy) is 1. The number of anilines is 1. The first-order chi connectivity index (χ1) is 11.8. The molecular formula is C19H23N3O2. The van der Waals surface area contributed by atoms with Crippen molar-refractivity contribution in [3.8, 4) is 0 Å². The molecular weight excluding hydrogens is 302 g/mol. The monoisotopic (exact) mass is 325 g/mol. The van der Waals surface area contributed by atoms with Crippen LogP contribution in [0.25, 0.3) is 0 Å². The second kappa shape index (κ2) is 8.45. The van der Waals surface area contributed by atoms with E-state index in [1.165, 1.54) is 5.56 Å². The van der Waals surface area contributed by atoms with Gasteiger partial charge in [-0.1, -0.05) is 30.3 Å². The van der Waals surface area contributed by atoms with Gasteiger partial charge in [-0.05, 0) is 37.0 Å². The molecule has 3 rings (SSSR count). The van der Waals surface area contributed by atoms with Gasteiger partial charge in [-0.3, -0.25) is 4.79 Å². The van der Waals surface area contributed by atoms with Crippen molar-refractivity contribution in [3.63, 3.8) is 0 Å². The van der Waals surface area contributed by atoms with E-state index in [1.807, 2.05) is 24.3 Å². The number of carbonyl (C=O) groups is 1. The van der Waals surface area contributed by atoms with E-state index in [9.17, 15) is 4.79 Å². The summed E-state index contributed by atoms with van der Waals surface area (Å²) in [7, 11) is 0. The van der Waals surface area contributed by atoms with Crippen molar-refractivity contribution < 1.29 is 9.53 Å². The zero-order valence-corrected chi connectivity index (χ0v) is 13.7. The molecule has 1 atom stereocenters. The Morgan fingerprint density at radius 2 is 2.08 bits per heavy atom. The van der Waals surface area contributed by atoms with Gasteiger partial charge < -0.3 is 15.4 Å². The van der Waals surface area contributed by atoms with Crippen LogP contribution in [0, 0.1) is 0 Å². The highest BCUT2D eigenvalue weighted by Gasteiger charge is 2.15. The molecule has 0 bridgehead atoms. The number of nitrogens with zero attached hydrogens (tertiary/aromatic N) is 1. The van der Waals surface area contributed by atoms with Crippen molar-refractivity contribution >= 4 is 11.6 Å². The average Bonchev–Trinajstić information content (AvgIpc) is 3.15. The minimum absolute atomic E-state index is 0.142. The predicted molar refractivity (Wildman–Crippen MR) is 94.2 cm³/mol. The van der Waals surface area contributed by atoms with Gasteiger partial charge in [0, 0.05) is 19.7 Å². The summed E-state index contributed by atoms with van der Waals surface area (Å²) in [6.45, 7) is 2.24. The maximum absolute atomic E-state index is 12.1. The topological polar surface area (TPSA) is 63.2 Å². The molecule has 5 heteroatoms. The molecule has 126 valence electrons. The lowest BCUT2D eigenvalue weighted by atomic mass is 10.1. The van der Waals surface area contributed by atoms with E-state index in [-0.39, 0.29) is 12.0 Å². The van der Waals surface area contributed by atoms with Crippen LogP contribution in [0.2, 0.25) is 0 Å². The second-order valence-electron chi connectivity index (χ2n) is 5.94. The number of rotatable bonds is 7. The largest absolute Gasteiger partial charge is 0.381 e. The first kappa shape index (κ1) is 16.5. The summed E-state index contributed by atoms with van der Waals surface area (Å²) in [4.78, 5) is 16.3.